The van der Waals surface area contributed by atoms with Crippen molar-refractivity contribution < 1.29 is 17.6 Å². The minimum absolute atomic E-state index is 0.0478. The zero-order valence-corrected chi connectivity index (χ0v) is 24.0. The molecule has 0 fully saturated rings. The summed E-state index contributed by atoms with van der Waals surface area (Å²) >= 11 is 0. The molecule has 1 amide bonds. The van der Waals surface area contributed by atoms with Crippen LogP contribution in [0.5, 0.6) is 0 Å². The standard InChI is InChI=1S/C30H27FN8O3S/c1-16(30(32)40)7-17-9-20(15-33-13-17)23-3-4-25-28(37-23)29(39-38-25)26-12-22-24(36-26)5-6-34-27(22)19-8-18(10-21(31)11-19)14-35-43(2,41)42/h3-6,8-13,15-16,35-36H,7,14H2,1-2H3,(H2,32,40)(H,38,39). The number of sulfonamides is 1. The maximum absolute atomic E-state index is 14.6. The van der Waals surface area contributed by atoms with E-state index in [-0.39, 0.29) is 18.4 Å². The van der Waals surface area contributed by atoms with Gasteiger partial charge in [0.2, 0.25) is 15.9 Å². The first-order valence-electron chi connectivity index (χ1n) is 13.4. The number of benzene rings is 1. The van der Waals surface area contributed by atoms with Gasteiger partial charge in [-0.15, -0.1) is 0 Å². The van der Waals surface area contributed by atoms with Crippen LogP contribution in [0.25, 0.3) is 55.8 Å². The van der Waals surface area contributed by atoms with Crippen LogP contribution in [0.1, 0.15) is 18.1 Å². The van der Waals surface area contributed by atoms with Gasteiger partial charge in [0, 0.05) is 53.1 Å². The van der Waals surface area contributed by atoms with E-state index in [1.165, 1.54) is 12.1 Å². The molecule has 43 heavy (non-hydrogen) atoms. The lowest BCUT2D eigenvalue weighted by molar-refractivity contribution is -0.121. The van der Waals surface area contributed by atoms with Crippen molar-refractivity contribution in [3.8, 4) is 33.9 Å². The number of pyridine rings is 3. The first-order chi connectivity index (χ1) is 20.5. The monoisotopic (exact) mass is 598 g/mol. The van der Waals surface area contributed by atoms with Crippen molar-refractivity contribution in [1.29, 1.82) is 0 Å². The van der Waals surface area contributed by atoms with E-state index in [1.54, 1.807) is 31.6 Å². The molecule has 5 heterocycles. The number of fused-ring (bicyclic) bond motifs is 2. The minimum Gasteiger partial charge on any atom is -0.369 e. The summed E-state index contributed by atoms with van der Waals surface area (Å²) in [6.07, 6.45) is 6.57. The normalized spacial score (nSPS) is 12.6. The van der Waals surface area contributed by atoms with Gasteiger partial charge in [0.05, 0.1) is 28.9 Å². The maximum Gasteiger partial charge on any atom is 0.220 e. The topological polar surface area (TPSA) is 172 Å². The Bertz CT molecular complexity index is 2120. The smallest absolute Gasteiger partial charge is 0.220 e. The van der Waals surface area contributed by atoms with E-state index in [4.69, 9.17) is 10.7 Å². The molecule has 1 atom stereocenters. The van der Waals surface area contributed by atoms with Crippen LogP contribution in [0.4, 0.5) is 4.39 Å². The van der Waals surface area contributed by atoms with Gasteiger partial charge in [0.15, 0.2) is 0 Å². The number of nitrogens with two attached hydrogens (primary N) is 1. The van der Waals surface area contributed by atoms with Crippen LogP contribution in [-0.2, 0) is 27.8 Å². The summed E-state index contributed by atoms with van der Waals surface area (Å²) < 4.78 is 40.1. The molecule has 0 aliphatic rings. The highest BCUT2D eigenvalue weighted by Gasteiger charge is 2.17. The van der Waals surface area contributed by atoms with Gasteiger partial charge in [-0.25, -0.2) is 22.5 Å². The molecule has 5 aromatic heterocycles. The Morgan fingerprint density at radius 3 is 2.63 bits per heavy atom. The molecule has 5 N–H and O–H groups in total. The molecule has 0 saturated carbocycles. The number of rotatable bonds is 9. The first kappa shape index (κ1) is 28.1. The Morgan fingerprint density at radius 1 is 1.02 bits per heavy atom. The average Bonchev–Trinajstić information content (AvgIpc) is 3.59. The van der Waals surface area contributed by atoms with Crippen LogP contribution in [0.3, 0.4) is 0 Å². The largest absolute Gasteiger partial charge is 0.369 e. The van der Waals surface area contributed by atoms with Gasteiger partial charge in [0.1, 0.15) is 17.0 Å². The zero-order valence-electron chi connectivity index (χ0n) is 23.2. The lowest BCUT2D eigenvalue weighted by atomic mass is 10.0. The fourth-order valence-electron chi connectivity index (χ4n) is 4.96. The second-order valence-electron chi connectivity index (χ2n) is 10.5. The third-order valence-corrected chi connectivity index (χ3v) is 7.77. The van der Waals surface area contributed by atoms with Gasteiger partial charge in [0.25, 0.3) is 0 Å². The predicted octanol–water partition coefficient (Wildman–Crippen LogP) is 4.08. The molecule has 1 aromatic carbocycles. The van der Waals surface area contributed by atoms with E-state index in [0.29, 0.717) is 45.8 Å². The second kappa shape index (κ2) is 11.0. The Labute approximate surface area is 245 Å². The molecule has 0 aliphatic heterocycles. The molecule has 13 heteroatoms. The maximum atomic E-state index is 14.6. The minimum atomic E-state index is -3.45. The lowest BCUT2D eigenvalue weighted by Gasteiger charge is -2.08. The molecule has 6 aromatic rings. The number of halogens is 1. The lowest BCUT2D eigenvalue weighted by Crippen LogP contribution is -2.22. The van der Waals surface area contributed by atoms with E-state index in [1.807, 2.05) is 30.3 Å². The SMILES string of the molecule is CC(Cc1cncc(-c2ccc3[nH]nc(-c4cc5c(-c6cc(F)cc(CNS(C)(=O)=O)c6)nccc5[nH]4)c3n2)c1)C(N)=O. The molecule has 0 saturated heterocycles. The number of aromatic amines is 2. The number of primary amides is 1. The molecule has 0 radical (unpaired) electrons. The number of nitrogens with zero attached hydrogens (tertiary/aromatic N) is 4. The zero-order chi connectivity index (χ0) is 30.3. The average molecular weight is 599 g/mol. The van der Waals surface area contributed by atoms with Crippen molar-refractivity contribution in [2.45, 2.75) is 19.9 Å². The summed E-state index contributed by atoms with van der Waals surface area (Å²) in [5, 5.41) is 8.28. The second-order valence-corrected chi connectivity index (χ2v) is 12.3. The number of carbonyl (C=O) groups excluding carboxylic acids is 1. The number of H-pyrrole nitrogens is 2. The van der Waals surface area contributed by atoms with Crippen LogP contribution in [0.2, 0.25) is 0 Å². The third-order valence-electron chi connectivity index (χ3n) is 7.10. The van der Waals surface area contributed by atoms with E-state index < -0.39 is 15.8 Å². The fourth-order valence-corrected chi connectivity index (χ4v) is 5.38. The Balaban J connectivity index is 1.38. The Hall–Kier alpha value is -5.01. The van der Waals surface area contributed by atoms with Crippen LogP contribution < -0.4 is 10.5 Å². The number of hydrogen-bond donors (Lipinski definition) is 4. The van der Waals surface area contributed by atoms with E-state index in [9.17, 15) is 17.6 Å². The van der Waals surface area contributed by atoms with Crippen LogP contribution in [0, 0.1) is 11.7 Å². The highest BCUT2D eigenvalue weighted by molar-refractivity contribution is 7.88. The summed E-state index contributed by atoms with van der Waals surface area (Å²) in [4.78, 5) is 28.6. The van der Waals surface area contributed by atoms with Gasteiger partial charge in [-0.1, -0.05) is 6.92 Å². The van der Waals surface area contributed by atoms with Gasteiger partial charge < -0.3 is 10.7 Å². The summed E-state index contributed by atoms with van der Waals surface area (Å²) in [6.45, 7) is 1.73. The molecule has 0 aliphatic carbocycles. The number of hydrogen-bond acceptors (Lipinski definition) is 7. The van der Waals surface area contributed by atoms with Crippen LogP contribution in [0.15, 0.2) is 67.1 Å². The number of amides is 1. The van der Waals surface area contributed by atoms with Crippen molar-refractivity contribution >= 4 is 37.9 Å². The number of carbonyl (C=O) groups is 1. The molecule has 0 spiro atoms. The highest BCUT2D eigenvalue weighted by Crippen LogP contribution is 2.34. The van der Waals surface area contributed by atoms with E-state index in [0.717, 1.165) is 33.8 Å². The van der Waals surface area contributed by atoms with Crippen LogP contribution in [-0.4, -0.2) is 50.7 Å². The summed E-state index contributed by atoms with van der Waals surface area (Å²) in [5.74, 6) is -1.20. The Kier molecular flexibility index (Phi) is 7.20. The quantitative estimate of drug-likeness (QED) is 0.194. The predicted molar refractivity (Wildman–Crippen MR) is 161 cm³/mol. The highest BCUT2D eigenvalue weighted by atomic mass is 32.2. The third kappa shape index (κ3) is 5.98. The fraction of sp³-hybridized carbons (Fsp3) is 0.167. The molecule has 6 rings (SSSR count). The Morgan fingerprint density at radius 2 is 1.84 bits per heavy atom. The molecule has 218 valence electrons. The summed E-state index contributed by atoms with van der Waals surface area (Å²) in [7, 11) is -3.45. The van der Waals surface area contributed by atoms with Crippen molar-refractivity contribution in [2.24, 2.45) is 11.7 Å². The van der Waals surface area contributed by atoms with Gasteiger partial charge in [-0.3, -0.25) is 19.9 Å². The van der Waals surface area contributed by atoms with Crippen molar-refractivity contribution in [2.75, 3.05) is 6.26 Å². The first-order valence-corrected chi connectivity index (χ1v) is 15.2. The van der Waals surface area contributed by atoms with Crippen molar-refractivity contribution in [3.63, 3.8) is 0 Å². The van der Waals surface area contributed by atoms with Gasteiger partial charge in [-0.2, -0.15) is 5.10 Å². The van der Waals surface area contributed by atoms with Gasteiger partial charge in [-0.05, 0) is 66.1 Å². The molecule has 1 unspecified atom stereocenters. The van der Waals surface area contributed by atoms with E-state index in [2.05, 4.69) is 29.9 Å². The van der Waals surface area contributed by atoms with E-state index >= 15 is 0 Å². The molecular formula is C30H27FN8O3S. The van der Waals surface area contributed by atoms with Crippen molar-refractivity contribution in [1.82, 2.24) is 34.9 Å². The van der Waals surface area contributed by atoms with Crippen LogP contribution >= 0.6 is 0 Å². The number of nitrogens with one attached hydrogen (secondary N) is 3. The molecule has 0 bridgehead atoms. The molecular weight excluding hydrogens is 571 g/mol. The summed E-state index contributed by atoms with van der Waals surface area (Å²) in [6, 6.07) is 13.8. The summed E-state index contributed by atoms with van der Waals surface area (Å²) in [5.41, 5.74) is 12.7. The number of aromatic nitrogens is 6. The van der Waals surface area contributed by atoms with Gasteiger partial charge >= 0.3 is 0 Å². The molecule has 11 nitrogen and oxygen atoms in total. The van der Waals surface area contributed by atoms with Crippen molar-refractivity contribution in [3.05, 3.63) is 84.1 Å².